The Morgan fingerprint density at radius 3 is 2.59 bits per heavy atom. The lowest BCUT2D eigenvalue weighted by Crippen LogP contribution is -2.13. The Kier molecular flexibility index (Phi) is 5.14. The first-order chi connectivity index (χ1) is 14.0. The summed E-state index contributed by atoms with van der Waals surface area (Å²) < 4.78 is 13.8. The maximum Gasteiger partial charge on any atom is 0.258 e. The third kappa shape index (κ3) is 4.20. The number of fused-ring (bicyclic) bond motifs is 1. The molecule has 0 aliphatic carbocycles. The van der Waals surface area contributed by atoms with Crippen LogP contribution in [0.3, 0.4) is 0 Å². The van der Waals surface area contributed by atoms with Gasteiger partial charge in [-0.25, -0.2) is 9.37 Å². The standard InChI is InChI=1S/C23H17ClFN3O/c1-14-11-22(26-16-6-4-5-15(24)12-16)28-21-10-9-17(13-19(14)21)27-23(29)18-7-2-3-8-20(18)25/h2-13H,1H3,(H,26,28)(H,27,29). The molecule has 144 valence electrons. The molecule has 1 aromatic heterocycles. The van der Waals surface area contributed by atoms with E-state index in [4.69, 9.17) is 11.6 Å². The number of aryl methyl sites for hydroxylation is 1. The van der Waals surface area contributed by atoms with Crippen molar-refractivity contribution in [2.24, 2.45) is 0 Å². The van der Waals surface area contributed by atoms with Crippen molar-refractivity contribution in [1.82, 2.24) is 4.98 Å². The van der Waals surface area contributed by atoms with Crippen LogP contribution in [0.5, 0.6) is 0 Å². The van der Waals surface area contributed by atoms with Crippen molar-refractivity contribution < 1.29 is 9.18 Å². The number of hydrogen-bond acceptors (Lipinski definition) is 3. The van der Waals surface area contributed by atoms with Gasteiger partial charge in [0.05, 0.1) is 11.1 Å². The molecule has 1 heterocycles. The molecular formula is C23H17ClFN3O. The van der Waals surface area contributed by atoms with Crippen molar-refractivity contribution >= 4 is 45.6 Å². The molecule has 2 N–H and O–H groups in total. The molecule has 3 aromatic carbocycles. The van der Waals surface area contributed by atoms with Crippen LogP contribution in [0.15, 0.2) is 72.8 Å². The van der Waals surface area contributed by atoms with Crippen LogP contribution < -0.4 is 10.6 Å². The first-order valence-corrected chi connectivity index (χ1v) is 9.37. The van der Waals surface area contributed by atoms with Crippen molar-refractivity contribution in [2.75, 3.05) is 10.6 Å². The number of rotatable bonds is 4. The monoisotopic (exact) mass is 405 g/mol. The van der Waals surface area contributed by atoms with Gasteiger partial charge in [0.1, 0.15) is 11.6 Å². The first kappa shape index (κ1) is 18.9. The lowest BCUT2D eigenvalue weighted by molar-refractivity contribution is 0.102. The van der Waals surface area contributed by atoms with E-state index in [2.05, 4.69) is 15.6 Å². The number of halogens is 2. The minimum atomic E-state index is -0.555. The van der Waals surface area contributed by atoms with Gasteiger partial charge in [-0.1, -0.05) is 29.8 Å². The van der Waals surface area contributed by atoms with Crippen molar-refractivity contribution in [3.05, 3.63) is 94.8 Å². The molecule has 0 bridgehead atoms. The molecule has 0 spiro atoms. The van der Waals surface area contributed by atoms with Crippen LogP contribution in [0.2, 0.25) is 5.02 Å². The van der Waals surface area contributed by atoms with E-state index < -0.39 is 11.7 Å². The summed E-state index contributed by atoms with van der Waals surface area (Å²) in [5.41, 5.74) is 3.19. The van der Waals surface area contributed by atoms with Gasteiger partial charge in [-0.15, -0.1) is 0 Å². The topological polar surface area (TPSA) is 54.0 Å². The van der Waals surface area contributed by atoms with Gasteiger partial charge in [0.25, 0.3) is 5.91 Å². The third-order valence-electron chi connectivity index (χ3n) is 4.49. The third-order valence-corrected chi connectivity index (χ3v) is 4.72. The smallest absolute Gasteiger partial charge is 0.258 e. The predicted molar refractivity (Wildman–Crippen MR) is 116 cm³/mol. The Hall–Kier alpha value is -3.44. The normalized spacial score (nSPS) is 10.7. The zero-order chi connectivity index (χ0) is 20.4. The molecule has 0 aliphatic heterocycles. The lowest BCUT2D eigenvalue weighted by atomic mass is 10.1. The fourth-order valence-corrected chi connectivity index (χ4v) is 3.28. The molecule has 0 fully saturated rings. The Labute approximate surface area is 172 Å². The maximum atomic E-state index is 13.8. The van der Waals surface area contributed by atoms with Crippen molar-refractivity contribution in [3.63, 3.8) is 0 Å². The van der Waals surface area contributed by atoms with E-state index in [0.717, 1.165) is 22.2 Å². The first-order valence-electron chi connectivity index (χ1n) is 8.99. The summed E-state index contributed by atoms with van der Waals surface area (Å²) in [4.78, 5) is 17.0. The zero-order valence-electron chi connectivity index (χ0n) is 15.5. The fraction of sp³-hybridized carbons (Fsp3) is 0.0435. The van der Waals surface area contributed by atoms with E-state index in [0.29, 0.717) is 16.5 Å². The van der Waals surface area contributed by atoms with E-state index in [1.54, 1.807) is 18.2 Å². The average molecular weight is 406 g/mol. The fourth-order valence-electron chi connectivity index (χ4n) is 3.09. The van der Waals surface area contributed by atoms with E-state index in [1.165, 1.54) is 12.1 Å². The maximum absolute atomic E-state index is 13.8. The van der Waals surface area contributed by atoms with Crippen LogP contribution in [-0.2, 0) is 0 Å². The molecule has 4 nitrogen and oxygen atoms in total. The van der Waals surface area contributed by atoms with Crippen LogP contribution in [0.25, 0.3) is 10.9 Å². The molecule has 0 saturated carbocycles. The number of carbonyl (C=O) groups is 1. The summed E-state index contributed by atoms with van der Waals surface area (Å²) in [7, 11) is 0. The summed E-state index contributed by atoms with van der Waals surface area (Å²) >= 11 is 6.03. The van der Waals surface area contributed by atoms with Crippen LogP contribution in [0.1, 0.15) is 15.9 Å². The number of nitrogens with one attached hydrogen (secondary N) is 2. The van der Waals surface area contributed by atoms with Crippen molar-refractivity contribution in [1.29, 1.82) is 0 Å². The highest BCUT2D eigenvalue weighted by molar-refractivity contribution is 6.30. The van der Waals surface area contributed by atoms with Gasteiger partial charge in [-0.05, 0) is 67.1 Å². The SMILES string of the molecule is Cc1cc(Nc2cccc(Cl)c2)nc2ccc(NC(=O)c3ccccc3F)cc12. The molecule has 29 heavy (non-hydrogen) atoms. The highest BCUT2D eigenvalue weighted by Gasteiger charge is 2.12. The number of nitrogens with zero attached hydrogens (tertiary/aromatic N) is 1. The summed E-state index contributed by atoms with van der Waals surface area (Å²) in [6.07, 6.45) is 0. The van der Waals surface area contributed by atoms with Crippen molar-refractivity contribution in [3.8, 4) is 0 Å². The van der Waals surface area contributed by atoms with Crippen LogP contribution in [0, 0.1) is 12.7 Å². The second kappa shape index (κ2) is 7.89. The molecule has 4 rings (SSSR count). The number of anilines is 3. The minimum absolute atomic E-state index is 0.00325. The molecule has 0 atom stereocenters. The largest absolute Gasteiger partial charge is 0.340 e. The molecule has 4 aromatic rings. The van der Waals surface area contributed by atoms with E-state index >= 15 is 0 Å². The minimum Gasteiger partial charge on any atom is -0.340 e. The van der Waals surface area contributed by atoms with Crippen LogP contribution in [0.4, 0.5) is 21.6 Å². The quantitative estimate of drug-likeness (QED) is 0.417. The number of carbonyl (C=O) groups excluding carboxylic acids is 1. The molecule has 1 amide bonds. The number of benzene rings is 3. The number of pyridine rings is 1. The molecule has 0 radical (unpaired) electrons. The van der Waals surface area contributed by atoms with Gasteiger partial charge in [-0.3, -0.25) is 4.79 Å². The van der Waals surface area contributed by atoms with Gasteiger partial charge < -0.3 is 10.6 Å². The predicted octanol–water partition coefficient (Wildman–Crippen LogP) is 6.33. The summed E-state index contributed by atoms with van der Waals surface area (Å²) in [6.45, 7) is 1.97. The van der Waals surface area contributed by atoms with Crippen molar-refractivity contribution in [2.45, 2.75) is 6.92 Å². The highest BCUT2D eigenvalue weighted by Crippen LogP contribution is 2.26. The Balaban J connectivity index is 1.60. The molecule has 0 aliphatic rings. The van der Waals surface area contributed by atoms with Gasteiger partial charge in [0.2, 0.25) is 0 Å². The number of aromatic nitrogens is 1. The van der Waals surface area contributed by atoms with Gasteiger partial charge in [0, 0.05) is 21.8 Å². The Morgan fingerprint density at radius 2 is 1.79 bits per heavy atom. The van der Waals surface area contributed by atoms with Crippen LogP contribution >= 0.6 is 11.6 Å². The van der Waals surface area contributed by atoms with Gasteiger partial charge in [-0.2, -0.15) is 0 Å². The number of hydrogen-bond donors (Lipinski definition) is 2. The molecule has 6 heteroatoms. The van der Waals surface area contributed by atoms with E-state index in [1.807, 2.05) is 49.4 Å². The van der Waals surface area contributed by atoms with E-state index in [-0.39, 0.29) is 5.56 Å². The molecule has 0 unspecified atom stereocenters. The molecule has 0 saturated heterocycles. The molecular weight excluding hydrogens is 389 g/mol. The summed E-state index contributed by atoms with van der Waals surface area (Å²) in [5, 5.41) is 7.53. The van der Waals surface area contributed by atoms with Gasteiger partial charge in [0.15, 0.2) is 0 Å². The van der Waals surface area contributed by atoms with E-state index in [9.17, 15) is 9.18 Å². The second-order valence-electron chi connectivity index (χ2n) is 6.63. The zero-order valence-corrected chi connectivity index (χ0v) is 16.3. The second-order valence-corrected chi connectivity index (χ2v) is 7.06. The summed E-state index contributed by atoms with van der Waals surface area (Å²) in [6, 6.07) is 20.6. The number of amides is 1. The van der Waals surface area contributed by atoms with Gasteiger partial charge >= 0.3 is 0 Å². The summed E-state index contributed by atoms with van der Waals surface area (Å²) in [5.74, 6) is -0.354. The Morgan fingerprint density at radius 1 is 0.966 bits per heavy atom. The highest BCUT2D eigenvalue weighted by atomic mass is 35.5. The Bertz CT molecular complexity index is 1230. The lowest BCUT2D eigenvalue weighted by Gasteiger charge is -2.11. The average Bonchev–Trinajstić information content (AvgIpc) is 2.69. The van der Waals surface area contributed by atoms with Crippen LogP contribution in [-0.4, -0.2) is 10.9 Å².